The van der Waals surface area contributed by atoms with Gasteiger partial charge in [0.15, 0.2) is 0 Å². The van der Waals surface area contributed by atoms with Crippen molar-refractivity contribution in [2.45, 2.75) is 32.6 Å². The van der Waals surface area contributed by atoms with Gasteiger partial charge in [-0.25, -0.2) is 0 Å². The lowest BCUT2D eigenvalue weighted by atomic mass is 10.2. The Bertz CT molecular complexity index is 431. The van der Waals surface area contributed by atoms with Crippen LogP contribution in [0.1, 0.15) is 32.6 Å². The Hall–Kier alpha value is -1.28. The molecule has 2 rings (SSSR count). The van der Waals surface area contributed by atoms with Gasteiger partial charge in [-0.05, 0) is 47.7 Å². The Labute approximate surface area is 113 Å². The van der Waals surface area contributed by atoms with Crippen molar-refractivity contribution in [3.63, 3.8) is 0 Å². The van der Waals surface area contributed by atoms with Gasteiger partial charge in [-0.3, -0.25) is 0 Å². The number of rotatable bonds is 7. The van der Waals surface area contributed by atoms with Crippen LogP contribution in [0, 0.1) is 6.07 Å². The summed E-state index contributed by atoms with van der Waals surface area (Å²) in [6.07, 6.45) is 4.98. The second-order valence-electron chi connectivity index (χ2n) is 4.33. The van der Waals surface area contributed by atoms with Crippen LogP contribution in [0.25, 0.3) is 10.4 Å². The summed E-state index contributed by atoms with van der Waals surface area (Å²) >= 11 is 1.71. The molecule has 0 fully saturated rings. The number of thiophene rings is 1. The third-order valence-corrected chi connectivity index (χ3v) is 3.71. The van der Waals surface area contributed by atoms with Crippen LogP contribution in [0.3, 0.4) is 0 Å². The summed E-state index contributed by atoms with van der Waals surface area (Å²) in [5, 5.41) is 2.05. The molecule has 1 aromatic heterocycles. The summed E-state index contributed by atoms with van der Waals surface area (Å²) in [4.78, 5) is 1.18. The van der Waals surface area contributed by atoms with Crippen LogP contribution >= 0.6 is 11.3 Å². The molecule has 0 N–H and O–H groups in total. The van der Waals surface area contributed by atoms with Gasteiger partial charge in [0.05, 0.1) is 6.61 Å². The van der Waals surface area contributed by atoms with Gasteiger partial charge < -0.3 is 4.74 Å². The Kier molecular flexibility index (Phi) is 5.28. The monoisotopic (exact) mass is 259 g/mol. The molecule has 0 aliphatic rings. The first-order valence-electron chi connectivity index (χ1n) is 6.58. The van der Waals surface area contributed by atoms with E-state index >= 15 is 0 Å². The summed E-state index contributed by atoms with van der Waals surface area (Å²) in [6, 6.07) is 13.5. The van der Waals surface area contributed by atoms with Gasteiger partial charge in [0.25, 0.3) is 0 Å². The topological polar surface area (TPSA) is 9.23 Å². The Morgan fingerprint density at radius 3 is 2.61 bits per heavy atom. The lowest BCUT2D eigenvalue weighted by Gasteiger charge is -2.06. The number of benzene rings is 1. The second-order valence-corrected chi connectivity index (χ2v) is 5.24. The first kappa shape index (κ1) is 13.2. The molecule has 18 heavy (non-hydrogen) atoms. The van der Waals surface area contributed by atoms with E-state index in [-0.39, 0.29) is 0 Å². The third kappa shape index (κ3) is 3.88. The highest BCUT2D eigenvalue weighted by atomic mass is 32.1. The molecular formula is C16H19OS. The first-order chi connectivity index (χ1) is 8.90. The van der Waals surface area contributed by atoms with Crippen molar-refractivity contribution in [1.82, 2.24) is 0 Å². The average Bonchev–Trinajstić information content (AvgIpc) is 2.93. The maximum absolute atomic E-state index is 5.72. The summed E-state index contributed by atoms with van der Waals surface area (Å²) in [7, 11) is 0. The molecule has 0 saturated carbocycles. The number of unbranched alkanes of at least 4 members (excludes halogenated alkanes) is 3. The minimum absolute atomic E-state index is 0.824. The van der Waals surface area contributed by atoms with Crippen LogP contribution in [-0.2, 0) is 0 Å². The summed E-state index contributed by atoms with van der Waals surface area (Å²) in [5.41, 5.74) is 1.21. The van der Waals surface area contributed by atoms with Gasteiger partial charge in [0.1, 0.15) is 5.75 Å². The zero-order chi connectivity index (χ0) is 12.6. The van der Waals surface area contributed by atoms with Gasteiger partial charge in [0, 0.05) is 10.9 Å². The lowest BCUT2D eigenvalue weighted by molar-refractivity contribution is 0.305. The van der Waals surface area contributed by atoms with Crippen molar-refractivity contribution in [3.8, 4) is 16.2 Å². The van der Waals surface area contributed by atoms with E-state index in [1.54, 1.807) is 11.3 Å². The molecule has 0 aliphatic heterocycles. The maximum atomic E-state index is 5.72. The SMILES string of the molecule is CCCCCCOc1ccc(-c2[c]ccs2)cc1. The standard InChI is InChI=1S/C16H19OS/c1-2-3-4-5-12-17-15-10-8-14(9-11-15)16-7-6-13-18-16/h6,8-11,13H,2-5,12H2,1H3. The Morgan fingerprint density at radius 1 is 1.11 bits per heavy atom. The molecule has 2 heteroatoms. The number of hydrogen-bond donors (Lipinski definition) is 0. The predicted octanol–water partition coefficient (Wildman–Crippen LogP) is 5.17. The molecule has 1 heterocycles. The van der Waals surface area contributed by atoms with E-state index in [0.717, 1.165) is 18.8 Å². The van der Waals surface area contributed by atoms with Crippen molar-refractivity contribution in [2.24, 2.45) is 0 Å². The fraction of sp³-hybridized carbons (Fsp3) is 0.375. The van der Waals surface area contributed by atoms with E-state index in [9.17, 15) is 0 Å². The number of ether oxygens (including phenoxy) is 1. The smallest absolute Gasteiger partial charge is 0.119 e. The summed E-state index contributed by atoms with van der Waals surface area (Å²) < 4.78 is 5.72. The maximum Gasteiger partial charge on any atom is 0.119 e. The highest BCUT2D eigenvalue weighted by Gasteiger charge is 1.99. The van der Waals surface area contributed by atoms with Gasteiger partial charge in [-0.15, -0.1) is 11.3 Å². The molecule has 0 spiro atoms. The fourth-order valence-corrected chi connectivity index (χ4v) is 2.50. The van der Waals surface area contributed by atoms with Crippen LogP contribution in [0.15, 0.2) is 35.7 Å². The molecule has 1 nitrogen and oxygen atoms in total. The molecule has 0 unspecified atom stereocenters. The molecule has 1 aromatic carbocycles. The molecule has 2 aromatic rings. The predicted molar refractivity (Wildman–Crippen MR) is 78.2 cm³/mol. The lowest BCUT2D eigenvalue weighted by Crippen LogP contribution is -1.96. The van der Waals surface area contributed by atoms with E-state index in [1.165, 1.54) is 29.7 Å². The highest BCUT2D eigenvalue weighted by Crippen LogP contribution is 2.25. The largest absolute Gasteiger partial charge is 0.494 e. The zero-order valence-electron chi connectivity index (χ0n) is 10.8. The van der Waals surface area contributed by atoms with E-state index in [0.29, 0.717) is 0 Å². The summed E-state index contributed by atoms with van der Waals surface area (Å²) in [6.45, 7) is 3.05. The third-order valence-electron chi connectivity index (χ3n) is 2.85. The molecule has 0 atom stereocenters. The van der Waals surface area contributed by atoms with Gasteiger partial charge in [-0.1, -0.05) is 26.2 Å². The van der Waals surface area contributed by atoms with Crippen molar-refractivity contribution in [2.75, 3.05) is 6.61 Å². The molecule has 1 radical (unpaired) electrons. The van der Waals surface area contributed by atoms with Crippen LogP contribution in [-0.4, -0.2) is 6.61 Å². The zero-order valence-corrected chi connectivity index (χ0v) is 11.6. The van der Waals surface area contributed by atoms with Crippen LogP contribution in [0.5, 0.6) is 5.75 Å². The van der Waals surface area contributed by atoms with E-state index in [2.05, 4.69) is 25.1 Å². The fourth-order valence-electron chi connectivity index (χ4n) is 1.82. The van der Waals surface area contributed by atoms with Gasteiger partial charge in [0.2, 0.25) is 0 Å². The van der Waals surface area contributed by atoms with Crippen molar-refractivity contribution in [3.05, 3.63) is 41.8 Å². The minimum atomic E-state index is 0.824. The van der Waals surface area contributed by atoms with Crippen molar-refractivity contribution >= 4 is 11.3 Å². The molecule has 0 amide bonds. The van der Waals surface area contributed by atoms with Crippen molar-refractivity contribution in [1.29, 1.82) is 0 Å². The number of hydrogen-bond acceptors (Lipinski definition) is 2. The molecular weight excluding hydrogens is 240 g/mol. The van der Waals surface area contributed by atoms with Crippen LogP contribution in [0.2, 0.25) is 0 Å². The average molecular weight is 259 g/mol. The van der Waals surface area contributed by atoms with E-state index in [4.69, 9.17) is 4.74 Å². The minimum Gasteiger partial charge on any atom is -0.494 e. The molecule has 0 aliphatic carbocycles. The van der Waals surface area contributed by atoms with E-state index in [1.807, 2.05) is 23.6 Å². The van der Waals surface area contributed by atoms with Crippen LogP contribution in [0.4, 0.5) is 0 Å². The summed E-state index contributed by atoms with van der Waals surface area (Å²) in [5.74, 6) is 0.965. The van der Waals surface area contributed by atoms with Gasteiger partial charge in [-0.2, -0.15) is 0 Å². The normalized spacial score (nSPS) is 10.5. The first-order valence-corrected chi connectivity index (χ1v) is 7.46. The molecule has 0 saturated heterocycles. The highest BCUT2D eigenvalue weighted by molar-refractivity contribution is 7.13. The molecule has 95 valence electrons. The van der Waals surface area contributed by atoms with Crippen LogP contribution < -0.4 is 4.74 Å². The second kappa shape index (κ2) is 7.22. The van der Waals surface area contributed by atoms with Gasteiger partial charge >= 0.3 is 0 Å². The molecule has 0 bridgehead atoms. The van der Waals surface area contributed by atoms with E-state index < -0.39 is 0 Å². The quantitative estimate of drug-likeness (QED) is 0.623. The Morgan fingerprint density at radius 2 is 1.94 bits per heavy atom. The Balaban J connectivity index is 1.81. The van der Waals surface area contributed by atoms with Crippen molar-refractivity contribution < 1.29 is 4.74 Å².